The summed E-state index contributed by atoms with van der Waals surface area (Å²) in [5.41, 5.74) is -0.741. The van der Waals surface area contributed by atoms with Gasteiger partial charge in [0.25, 0.3) is 5.56 Å². The third-order valence-corrected chi connectivity index (χ3v) is 5.83. The molecule has 1 fully saturated rings. The molecule has 1 aliphatic heterocycles. The zero-order valence-electron chi connectivity index (χ0n) is 13.9. The number of nitrogens with zero attached hydrogens (tertiary/aromatic N) is 1. The Morgan fingerprint density at radius 2 is 2.00 bits per heavy atom. The highest BCUT2D eigenvalue weighted by Gasteiger charge is 2.41. The summed E-state index contributed by atoms with van der Waals surface area (Å²) < 4.78 is 29.9. The second-order valence-electron chi connectivity index (χ2n) is 5.54. The van der Waals surface area contributed by atoms with Crippen molar-refractivity contribution in [3.05, 3.63) is 32.6 Å². The summed E-state index contributed by atoms with van der Waals surface area (Å²) in [5, 5.41) is 10.2. The first kappa shape index (κ1) is 19.1. The fourth-order valence-corrected chi connectivity index (χ4v) is 4.45. The van der Waals surface area contributed by atoms with Gasteiger partial charge in [0.2, 0.25) is 0 Å². The van der Waals surface area contributed by atoms with E-state index in [-0.39, 0.29) is 25.8 Å². The number of H-pyrrole nitrogens is 1. The minimum atomic E-state index is -3.38. The molecule has 1 aromatic rings. The molecule has 0 spiro atoms. The smallest absolute Gasteiger partial charge is 0.333 e. The number of aromatic nitrogens is 2. The van der Waals surface area contributed by atoms with Crippen LogP contribution in [0.2, 0.25) is 0 Å². The summed E-state index contributed by atoms with van der Waals surface area (Å²) in [6.45, 7) is 5.38. The number of aromatic amines is 1. The van der Waals surface area contributed by atoms with E-state index < -0.39 is 37.3 Å². The first-order chi connectivity index (χ1) is 11.3. The van der Waals surface area contributed by atoms with Crippen LogP contribution in [-0.2, 0) is 18.3 Å². The lowest BCUT2D eigenvalue weighted by Crippen LogP contribution is -2.33. The molecule has 2 heterocycles. The third kappa shape index (κ3) is 4.23. The average Bonchev–Trinajstić information content (AvgIpc) is 2.84. The molecule has 0 bridgehead atoms. The normalized spacial score (nSPS) is 24.4. The minimum absolute atomic E-state index is 0.108. The number of rotatable bonds is 7. The fourth-order valence-electron chi connectivity index (χ4n) is 2.61. The second kappa shape index (κ2) is 7.76. The van der Waals surface area contributed by atoms with Crippen molar-refractivity contribution in [3.8, 4) is 0 Å². The van der Waals surface area contributed by atoms with Crippen molar-refractivity contribution in [1.29, 1.82) is 0 Å². The molecular weight excluding hydrogens is 339 g/mol. The summed E-state index contributed by atoms with van der Waals surface area (Å²) in [6.07, 6.45) is -1.07. The maximum Gasteiger partial charge on any atom is 0.333 e. The van der Waals surface area contributed by atoms with Crippen LogP contribution >= 0.6 is 7.60 Å². The van der Waals surface area contributed by atoms with Crippen LogP contribution in [0.5, 0.6) is 0 Å². The monoisotopic (exact) mass is 362 g/mol. The molecule has 0 amide bonds. The molecule has 1 aromatic heterocycles. The number of aliphatic hydroxyl groups is 1. The van der Waals surface area contributed by atoms with Crippen LogP contribution in [0.4, 0.5) is 0 Å². The first-order valence-electron chi connectivity index (χ1n) is 7.83. The van der Waals surface area contributed by atoms with E-state index in [1.807, 2.05) is 0 Å². The number of aliphatic hydroxyl groups excluding tert-OH is 1. The van der Waals surface area contributed by atoms with E-state index in [0.29, 0.717) is 5.56 Å². The molecule has 2 N–H and O–H groups in total. The van der Waals surface area contributed by atoms with Gasteiger partial charge in [-0.15, -0.1) is 0 Å². The van der Waals surface area contributed by atoms with Gasteiger partial charge < -0.3 is 18.9 Å². The van der Waals surface area contributed by atoms with Crippen LogP contribution in [0.15, 0.2) is 15.8 Å². The van der Waals surface area contributed by atoms with Gasteiger partial charge in [-0.05, 0) is 20.8 Å². The molecule has 9 nitrogen and oxygen atoms in total. The molecule has 1 saturated heterocycles. The van der Waals surface area contributed by atoms with Gasteiger partial charge in [0.1, 0.15) is 6.23 Å². The third-order valence-electron chi connectivity index (χ3n) is 3.72. The maximum absolute atomic E-state index is 12.6. The molecule has 24 heavy (non-hydrogen) atoms. The van der Waals surface area contributed by atoms with E-state index in [2.05, 4.69) is 4.98 Å². The Kier molecular flexibility index (Phi) is 6.17. The minimum Gasteiger partial charge on any atom is -0.390 e. The van der Waals surface area contributed by atoms with Crippen molar-refractivity contribution in [1.82, 2.24) is 9.55 Å². The van der Waals surface area contributed by atoms with E-state index in [1.165, 1.54) is 10.8 Å². The largest absolute Gasteiger partial charge is 0.390 e. The Balaban J connectivity index is 2.18. The summed E-state index contributed by atoms with van der Waals surface area (Å²) in [4.78, 5) is 25.6. The molecule has 0 aromatic carbocycles. The lowest BCUT2D eigenvalue weighted by Gasteiger charge is -2.22. The number of aryl methyl sites for hydroxylation is 1. The van der Waals surface area contributed by atoms with Crippen molar-refractivity contribution < 1.29 is 23.5 Å². The van der Waals surface area contributed by atoms with Gasteiger partial charge in [-0.3, -0.25) is 18.9 Å². The van der Waals surface area contributed by atoms with Gasteiger partial charge >= 0.3 is 13.3 Å². The molecule has 0 aliphatic carbocycles. The fraction of sp³-hybridized carbons (Fsp3) is 0.714. The van der Waals surface area contributed by atoms with Crippen molar-refractivity contribution in [2.24, 2.45) is 0 Å². The molecule has 136 valence electrons. The van der Waals surface area contributed by atoms with Gasteiger partial charge in [0.15, 0.2) is 0 Å². The van der Waals surface area contributed by atoms with E-state index in [4.69, 9.17) is 13.8 Å². The van der Waals surface area contributed by atoms with Gasteiger partial charge in [-0.1, -0.05) is 0 Å². The Morgan fingerprint density at radius 3 is 2.58 bits per heavy atom. The number of hydrogen-bond donors (Lipinski definition) is 2. The van der Waals surface area contributed by atoms with Gasteiger partial charge in [0, 0.05) is 18.2 Å². The summed E-state index contributed by atoms with van der Waals surface area (Å²) in [5.74, 6) is 0. The lowest BCUT2D eigenvalue weighted by atomic mass is 10.2. The predicted octanol–water partition coefficient (Wildman–Crippen LogP) is 0.760. The van der Waals surface area contributed by atoms with Crippen molar-refractivity contribution in [3.63, 3.8) is 0 Å². The van der Waals surface area contributed by atoms with Gasteiger partial charge in [-0.2, -0.15) is 0 Å². The molecule has 0 unspecified atom stereocenters. The zero-order chi connectivity index (χ0) is 17.9. The Labute approximate surface area is 139 Å². The topological polar surface area (TPSA) is 120 Å². The van der Waals surface area contributed by atoms with E-state index in [9.17, 15) is 19.3 Å². The molecule has 10 heteroatoms. The van der Waals surface area contributed by atoms with Gasteiger partial charge in [0.05, 0.1) is 31.6 Å². The van der Waals surface area contributed by atoms with Crippen molar-refractivity contribution in [2.75, 3.05) is 19.4 Å². The van der Waals surface area contributed by atoms with Crippen LogP contribution < -0.4 is 11.2 Å². The second-order valence-corrected chi connectivity index (χ2v) is 7.64. The number of hydrogen-bond acceptors (Lipinski definition) is 7. The van der Waals surface area contributed by atoms with Crippen molar-refractivity contribution in [2.45, 2.75) is 45.6 Å². The Morgan fingerprint density at radius 1 is 1.38 bits per heavy atom. The first-order valence-corrected chi connectivity index (χ1v) is 9.56. The number of nitrogens with one attached hydrogen (secondary N) is 1. The number of ether oxygens (including phenoxy) is 1. The van der Waals surface area contributed by atoms with E-state index >= 15 is 0 Å². The van der Waals surface area contributed by atoms with E-state index in [0.717, 1.165) is 0 Å². The molecule has 0 radical (unpaired) electrons. The average molecular weight is 362 g/mol. The quantitative estimate of drug-likeness (QED) is 0.687. The lowest BCUT2D eigenvalue weighted by molar-refractivity contribution is -0.0115. The molecule has 1 aliphatic rings. The van der Waals surface area contributed by atoms with E-state index in [1.54, 1.807) is 20.8 Å². The van der Waals surface area contributed by atoms with Gasteiger partial charge in [-0.25, -0.2) is 4.79 Å². The highest BCUT2D eigenvalue weighted by molar-refractivity contribution is 7.53. The predicted molar refractivity (Wildman–Crippen MR) is 86.3 cm³/mol. The van der Waals surface area contributed by atoms with Crippen LogP contribution in [-0.4, -0.2) is 46.2 Å². The highest BCUT2D eigenvalue weighted by Crippen LogP contribution is 2.50. The maximum atomic E-state index is 12.6. The highest BCUT2D eigenvalue weighted by atomic mass is 31.2. The SMILES string of the molecule is CCOP(=O)(C[C@H]1O[C@H](n2cc(C)c(=O)[nH]c2=O)C[C@H]1O)OCC. The summed E-state index contributed by atoms with van der Waals surface area (Å²) in [7, 11) is -3.38. The summed E-state index contributed by atoms with van der Waals surface area (Å²) in [6, 6.07) is 0. The van der Waals surface area contributed by atoms with Crippen LogP contribution in [0.3, 0.4) is 0 Å². The Bertz CT molecular complexity index is 719. The van der Waals surface area contributed by atoms with Crippen molar-refractivity contribution >= 4 is 7.60 Å². The molecular formula is C14H23N2O7P. The molecule has 2 rings (SSSR count). The molecule has 3 atom stereocenters. The molecule has 0 saturated carbocycles. The Hall–Kier alpha value is -1.25. The summed E-state index contributed by atoms with van der Waals surface area (Å²) >= 11 is 0. The van der Waals surface area contributed by atoms with Crippen LogP contribution in [0.25, 0.3) is 0 Å². The zero-order valence-corrected chi connectivity index (χ0v) is 14.8. The standard InChI is InChI=1S/C14H23N2O7P/c1-4-21-24(20,22-5-2)8-11-10(17)6-12(23-11)16-7-9(3)13(18)15-14(16)19/h7,10-12,17H,4-6,8H2,1-3H3,(H,15,18,19)/t10-,11-,12+/m1/s1. The van der Waals surface area contributed by atoms with Crippen LogP contribution in [0, 0.1) is 6.92 Å². The van der Waals surface area contributed by atoms with Crippen LogP contribution in [0.1, 0.15) is 32.1 Å².